The number of carboxylic acids is 1. The van der Waals surface area contributed by atoms with Crippen molar-refractivity contribution in [1.29, 1.82) is 5.26 Å². The van der Waals surface area contributed by atoms with E-state index in [1.54, 1.807) is 30.3 Å². The normalized spacial score (nSPS) is 11.3. The Morgan fingerprint density at radius 3 is 2.44 bits per heavy atom. The molecule has 0 bridgehead atoms. The van der Waals surface area contributed by atoms with Crippen LogP contribution in [0.4, 0.5) is 0 Å². The van der Waals surface area contributed by atoms with Crippen LogP contribution >= 0.6 is 0 Å². The fourth-order valence-corrected chi connectivity index (χ4v) is 3.29. The van der Waals surface area contributed by atoms with E-state index in [2.05, 4.69) is 16.0 Å². The van der Waals surface area contributed by atoms with Gasteiger partial charge in [-0.05, 0) is 78.6 Å². The topological polar surface area (TPSA) is 99.0 Å². The van der Waals surface area contributed by atoms with Gasteiger partial charge in [0.15, 0.2) is 0 Å². The van der Waals surface area contributed by atoms with Crippen LogP contribution < -0.4 is 4.74 Å². The molecule has 2 N–H and O–H groups in total. The monoisotopic (exact) mass is 423 g/mol. The maximum atomic E-state index is 10.9. The first-order valence-corrected chi connectivity index (χ1v) is 10.1. The largest absolute Gasteiger partial charge is 0.489 e. The number of aryl methyl sites for hydroxylation is 2. The molecule has 0 aliphatic carbocycles. The molecule has 0 amide bonds. The Bertz CT molecular complexity index is 1320. The third-order valence-electron chi connectivity index (χ3n) is 5.27. The minimum Gasteiger partial charge on any atom is -0.489 e. The summed E-state index contributed by atoms with van der Waals surface area (Å²) in [5.74, 6) is 0.265. The van der Waals surface area contributed by atoms with Gasteiger partial charge in [0.05, 0.1) is 22.2 Å². The molecule has 1 heterocycles. The van der Waals surface area contributed by atoms with Crippen LogP contribution in [0.5, 0.6) is 5.75 Å². The van der Waals surface area contributed by atoms with Crippen LogP contribution in [0.25, 0.3) is 22.7 Å². The molecule has 0 unspecified atom stereocenters. The Morgan fingerprint density at radius 1 is 1.09 bits per heavy atom. The highest BCUT2D eigenvalue weighted by Crippen LogP contribution is 2.23. The summed E-state index contributed by atoms with van der Waals surface area (Å²) >= 11 is 0. The van der Waals surface area contributed by atoms with Crippen molar-refractivity contribution in [3.05, 3.63) is 94.3 Å². The molecule has 1 aromatic heterocycles. The van der Waals surface area contributed by atoms with E-state index >= 15 is 0 Å². The highest BCUT2D eigenvalue weighted by molar-refractivity contribution is 5.90. The maximum absolute atomic E-state index is 10.9. The number of aromatic nitrogens is 2. The first-order valence-electron chi connectivity index (χ1n) is 10.1. The quantitative estimate of drug-likeness (QED) is 0.398. The number of nitriles is 1. The minimum atomic E-state index is -0.953. The van der Waals surface area contributed by atoms with Crippen molar-refractivity contribution in [2.45, 2.75) is 20.5 Å². The van der Waals surface area contributed by atoms with Crippen LogP contribution in [0.15, 0.2) is 60.7 Å². The van der Waals surface area contributed by atoms with Crippen molar-refractivity contribution < 1.29 is 14.6 Å². The molecule has 4 rings (SSSR count). The zero-order chi connectivity index (χ0) is 22.7. The lowest BCUT2D eigenvalue weighted by atomic mass is 10.1. The summed E-state index contributed by atoms with van der Waals surface area (Å²) in [6.07, 6.45) is 1.78. The van der Waals surface area contributed by atoms with Gasteiger partial charge in [0.1, 0.15) is 24.3 Å². The van der Waals surface area contributed by atoms with Crippen LogP contribution in [-0.2, 0) is 6.61 Å². The van der Waals surface area contributed by atoms with Gasteiger partial charge in [0.25, 0.3) is 0 Å². The first-order chi connectivity index (χ1) is 15.4. The van der Waals surface area contributed by atoms with E-state index in [0.29, 0.717) is 23.8 Å². The summed E-state index contributed by atoms with van der Waals surface area (Å²) in [6, 6.07) is 20.3. The van der Waals surface area contributed by atoms with Gasteiger partial charge in [-0.25, -0.2) is 9.78 Å². The number of H-pyrrole nitrogens is 1. The summed E-state index contributed by atoms with van der Waals surface area (Å²) in [5, 5.41) is 18.6. The van der Waals surface area contributed by atoms with Gasteiger partial charge < -0.3 is 14.8 Å². The fraction of sp³-hybridized carbons (Fsp3) is 0.115. The first kappa shape index (κ1) is 20.9. The number of hydrogen-bond acceptors (Lipinski definition) is 4. The van der Waals surface area contributed by atoms with Gasteiger partial charge in [0.2, 0.25) is 0 Å². The van der Waals surface area contributed by atoms with Crippen molar-refractivity contribution in [2.24, 2.45) is 0 Å². The average Bonchev–Trinajstić information content (AvgIpc) is 3.19. The fourth-order valence-electron chi connectivity index (χ4n) is 3.29. The van der Waals surface area contributed by atoms with E-state index in [0.717, 1.165) is 27.7 Å². The van der Waals surface area contributed by atoms with Gasteiger partial charge in [-0.15, -0.1) is 0 Å². The number of ether oxygens (including phenoxy) is 1. The molecule has 0 aliphatic rings. The molecule has 6 heteroatoms. The highest BCUT2D eigenvalue weighted by atomic mass is 16.5. The van der Waals surface area contributed by atoms with Crippen LogP contribution in [0.1, 0.15) is 38.4 Å². The molecule has 0 radical (unpaired) electrons. The van der Waals surface area contributed by atoms with Crippen molar-refractivity contribution >= 4 is 28.7 Å². The zero-order valence-corrected chi connectivity index (χ0v) is 17.7. The number of aromatic carboxylic acids is 1. The molecule has 32 heavy (non-hydrogen) atoms. The molecule has 0 saturated carbocycles. The molecule has 158 valence electrons. The third-order valence-corrected chi connectivity index (χ3v) is 5.27. The van der Waals surface area contributed by atoms with Gasteiger partial charge in [-0.3, -0.25) is 0 Å². The summed E-state index contributed by atoms with van der Waals surface area (Å²) in [5.41, 5.74) is 6.49. The Labute approximate surface area is 185 Å². The zero-order valence-electron chi connectivity index (χ0n) is 17.7. The molecule has 0 atom stereocenters. The Morgan fingerprint density at radius 2 is 1.78 bits per heavy atom. The third kappa shape index (κ3) is 4.52. The van der Waals surface area contributed by atoms with E-state index in [4.69, 9.17) is 9.84 Å². The average molecular weight is 423 g/mol. The Kier molecular flexibility index (Phi) is 5.73. The summed E-state index contributed by atoms with van der Waals surface area (Å²) in [4.78, 5) is 18.7. The number of hydrogen-bond donors (Lipinski definition) is 2. The van der Waals surface area contributed by atoms with E-state index in [1.807, 2.05) is 50.2 Å². The second kappa shape index (κ2) is 8.78. The Balaban J connectivity index is 1.48. The molecule has 4 aromatic rings. The number of carbonyl (C=O) groups is 1. The summed E-state index contributed by atoms with van der Waals surface area (Å²) < 4.78 is 5.77. The predicted molar refractivity (Wildman–Crippen MR) is 123 cm³/mol. The molecular weight excluding hydrogens is 402 g/mol. The lowest BCUT2D eigenvalue weighted by Crippen LogP contribution is -1.98. The molecule has 0 saturated heterocycles. The van der Waals surface area contributed by atoms with E-state index in [-0.39, 0.29) is 5.56 Å². The van der Waals surface area contributed by atoms with Crippen LogP contribution in [0.3, 0.4) is 0 Å². The number of fused-ring (bicyclic) bond motifs is 1. The lowest BCUT2D eigenvalue weighted by Gasteiger charge is -2.07. The smallest absolute Gasteiger partial charge is 0.335 e. The van der Waals surface area contributed by atoms with Gasteiger partial charge in [-0.2, -0.15) is 5.26 Å². The number of aromatic amines is 1. The van der Waals surface area contributed by atoms with Crippen LogP contribution in [-0.4, -0.2) is 21.0 Å². The van der Waals surface area contributed by atoms with Crippen molar-refractivity contribution in [3.63, 3.8) is 0 Å². The predicted octanol–water partition coefficient (Wildman–Crippen LogP) is 5.52. The van der Waals surface area contributed by atoms with Gasteiger partial charge in [0, 0.05) is 0 Å². The van der Waals surface area contributed by atoms with Crippen LogP contribution in [0.2, 0.25) is 0 Å². The molecule has 6 nitrogen and oxygen atoms in total. The molecule has 0 aliphatic heterocycles. The van der Waals surface area contributed by atoms with Crippen molar-refractivity contribution in [2.75, 3.05) is 0 Å². The Hall–Kier alpha value is -4.37. The number of benzene rings is 3. The maximum Gasteiger partial charge on any atom is 0.335 e. The molecule has 0 spiro atoms. The standard InChI is InChI=1S/C26H21N3O3/c1-16-11-23-24(12-17(16)2)29-25(28-23)21(14-27)13-18-5-9-22(10-6-18)32-15-19-3-7-20(8-4-19)26(30)31/h3-13H,15H2,1-2H3,(H,28,29)(H,30,31). The van der Waals surface area contributed by atoms with E-state index in [1.165, 1.54) is 5.56 Å². The number of nitrogens with zero attached hydrogens (tertiary/aromatic N) is 2. The number of allylic oxidation sites excluding steroid dienone is 1. The number of nitrogens with one attached hydrogen (secondary N) is 1. The SMILES string of the molecule is Cc1cc2nc(C(C#N)=Cc3ccc(OCc4ccc(C(=O)O)cc4)cc3)[nH]c2cc1C. The van der Waals surface area contributed by atoms with E-state index < -0.39 is 5.97 Å². The number of imidazole rings is 1. The summed E-state index contributed by atoms with van der Waals surface area (Å²) in [6.45, 7) is 4.42. The van der Waals surface area contributed by atoms with Crippen LogP contribution in [0, 0.1) is 25.2 Å². The van der Waals surface area contributed by atoms with Gasteiger partial charge in [-0.1, -0.05) is 24.3 Å². The van der Waals surface area contributed by atoms with Gasteiger partial charge >= 0.3 is 5.97 Å². The lowest BCUT2D eigenvalue weighted by molar-refractivity contribution is 0.0697. The number of carboxylic acid groups (broad SMARTS) is 1. The van der Waals surface area contributed by atoms with Crippen molar-refractivity contribution in [1.82, 2.24) is 9.97 Å². The molecule has 0 fully saturated rings. The minimum absolute atomic E-state index is 0.243. The van der Waals surface area contributed by atoms with Crippen molar-refractivity contribution in [3.8, 4) is 11.8 Å². The molecule has 3 aromatic carbocycles. The summed E-state index contributed by atoms with van der Waals surface area (Å²) in [7, 11) is 0. The highest BCUT2D eigenvalue weighted by Gasteiger charge is 2.09. The second-order valence-corrected chi connectivity index (χ2v) is 7.57. The number of rotatable bonds is 6. The second-order valence-electron chi connectivity index (χ2n) is 7.57. The van der Waals surface area contributed by atoms with E-state index in [9.17, 15) is 10.1 Å². The molecular formula is C26H21N3O3.